The minimum Gasteiger partial charge on any atom is -0.496 e. The topological polar surface area (TPSA) is 42.8 Å². The fourth-order valence-corrected chi connectivity index (χ4v) is 3.57. The second-order valence-electron chi connectivity index (χ2n) is 7.45. The highest BCUT2D eigenvalue weighted by Gasteiger charge is 2.19. The molecule has 0 radical (unpaired) electrons. The van der Waals surface area contributed by atoms with Crippen molar-refractivity contribution in [2.24, 2.45) is 0 Å². The fourth-order valence-electron chi connectivity index (χ4n) is 3.57. The maximum absolute atomic E-state index is 12.9. The molecule has 150 valence electrons. The number of ether oxygens (including phenoxy) is 1. The number of rotatable bonds is 8. The van der Waals surface area contributed by atoms with Crippen LogP contribution in [0, 0.1) is 6.92 Å². The lowest BCUT2D eigenvalue weighted by Gasteiger charge is -2.21. The molecule has 0 spiro atoms. The Morgan fingerprint density at radius 1 is 0.966 bits per heavy atom. The summed E-state index contributed by atoms with van der Waals surface area (Å²) in [5, 5.41) is 3.22. The summed E-state index contributed by atoms with van der Waals surface area (Å²) in [5.41, 5.74) is 4.45. The molecule has 1 unspecified atom stereocenters. The van der Waals surface area contributed by atoms with E-state index >= 15 is 0 Å². The summed E-state index contributed by atoms with van der Waals surface area (Å²) in [6, 6.07) is 26.1. The van der Waals surface area contributed by atoms with E-state index in [0.29, 0.717) is 6.54 Å². The maximum Gasteiger partial charge on any atom is 0.275 e. The van der Waals surface area contributed by atoms with Gasteiger partial charge >= 0.3 is 0 Å². The van der Waals surface area contributed by atoms with E-state index in [0.717, 1.165) is 33.9 Å². The van der Waals surface area contributed by atoms with E-state index in [1.165, 1.54) is 5.56 Å². The molecular weight excluding hydrogens is 360 g/mol. The summed E-state index contributed by atoms with van der Waals surface area (Å²) in [7, 11) is 3.71. The van der Waals surface area contributed by atoms with Gasteiger partial charge < -0.3 is 15.0 Å². The SMILES string of the molecule is COc1ccc(C)cc1C[NH+](C)CC(=O)NC(c1ccccc1)c1ccccc1. The van der Waals surface area contributed by atoms with Crippen LogP contribution in [-0.4, -0.2) is 26.6 Å². The van der Waals surface area contributed by atoms with Crippen molar-refractivity contribution < 1.29 is 14.4 Å². The van der Waals surface area contributed by atoms with E-state index in [-0.39, 0.29) is 11.9 Å². The molecule has 0 aliphatic heterocycles. The predicted octanol–water partition coefficient (Wildman–Crippen LogP) is 2.92. The maximum atomic E-state index is 12.9. The predicted molar refractivity (Wildman–Crippen MR) is 116 cm³/mol. The van der Waals surface area contributed by atoms with Crippen LogP contribution >= 0.6 is 0 Å². The zero-order valence-electron chi connectivity index (χ0n) is 17.3. The van der Waals surface area contributed by atoms with Gasteiger partial charge in [-0.25, -0.2) is 0 Å². The van der Waals surface area contributed by atoms with Gasteiger partial charge in [-0.2, -0.15) is 0 Å². The quantitative estimate of drug-likeness (QED) is 0.622. The van der Waals surface area contributed by atoms with E-state index in [1.807, 2.05) is 79.8 Å². The number of quaternary nitrogens is 1. The number of carbonyl (C=O) groups is 1. The number of likely N-dealkylation sites (N-methyl/N-ethyl adjacent to an activating group) is 1. The van der Waals surface area contributed by atoms with Gasteiger partial charge in [0.25, 0.3) is 5.91 Å². The third kappa shape index (κ3) is 5.69. The Morgan fingerprint density at radius 2 is 1.55 bits per heavy atom. The summed E-state index contributed by atoms with van der Waals surface area (Å²) in [5.74, 6) is 0.883. The molecule has 29 heavy (non-hydrogen) atoms. The van der Waals surface area contributed by atoms with Gasteiger partial charge in [0.2, 0.25) is 0 Å². The Morgan fingerprint density at radius 3 is 2.10 bits per heavy atom. The minimum atomic E-state index is -0.161. The molecule has 0 aliphatic rings. The molecular formula is C25H29N2O2+. The molecule has 0 saturated carbocycles. The standard InChI is InChI=1S/C25H28N2O2/c1-19-14-15-23(29-3)22(16-19)17-27(2)18-24(28)26-25(20-10-6-4-7-11-20)21-12-8-5-9-13-21/h4-16,25H,17-18H2,1-3H3,(H,26,28)/p+1. The van der Waals surface area contributed by atoms with E-state index in [2.05, 4.69) is 18.3 Å². The van der Waals surface area contributed by atoms with Crippen molar-refractivity contribution in [2.45, 2.75) is 19.5 Å². The van der Waals surface area contributed by atoms with Crippen molar-refractivity contribution in [1.82, 2.24) is 5.32 Å². The van der Waals surface area contributed by atoms with E-state index in [1.54, 1.807) is 7.11 Å². The van der Waals surface area contributed by atoms with Crippen molar-refractivity contribution in [3.05, 3.63) is 101 Å². The third-order valence-corrected chi connectivity index (χ3v) is 4.96. The molecule has 4 nitrogen and oxygen atoms in total. The van der Waals surface area contributed by atoms with Gasteiger partial charge in [0, 0.05) is 5.56 Å². The zero-order valence-corrected chi connectivity index (χ0v) is 17.3. The summed E-state index contributed by atoms with van der Waals surface area (Å²) in [6.07, 6.45) is 0. The van der Waals surface area contributed by atoms with Gasteiger partial charge in [-0.1, -0.05) is 72.3 Å². The second kappa shape index (κ2) is 9.89. The molecule has 2 N–H and O–H groups in total. The Balaban J connectivity index is 1.70. The normalized spacial score (nSPS) is 11.9. The Bertz CT molecular complexity index is 887. The average Bonchev–Trinajstić information content (AvgIpc) is 2.73. The van der Waals surface area contributed by atoms with Gasteiger partial charge in [-0.05, 0) is 30.2 Å². The molecule has 3 aromatic carbocycles. The van der Waals surface area contributed by atoms with Crippen molar-refractivity contribution in [1.29, 1.82) is 0 Å². The lowest BCUT2D eigenvalue weighted by atomic mass is 9.99. The van der Waals surface area contributed by atoms with Crippen molar-refractivity contribution in [3.63, 3.8) is 0 Å². The molecule has 3 aromatic rings. The van der Waals surface area contributed by atoms with Crippen LogP contribution in [0.1, 0.15) is 28.3 Å². The van der Waals surface area contributed by atoms with E-state index < -0.39 is 0 Å². The number of amides is 1. The van der Waals surface area contributed by atoms with Crippen LogP contribution < -0.4 is 15.0 Å². The summed E-state index contributed by atoms with van der Waals surface area (Å²) in [4.78, 5) is 14.0. The van der Waals surface area contributed by atoms with E-state index in [9.17, 15) is 4.79 Å². The Hall–Kier alpha value is -3.11. The molecule has 1 amide bonds. The minimum absolute atomic E-state index is 0.0202. The number of aryl methyl sites for hydroxylation is 1. The van der Waals surface area contributed by atoms with Crippen LogP contribution in [0.15, 0.2) is 78.9 Å². The average molecular weight is 390 g/mol. The van der Waals surface area contributed by atoms with Crippen LogP contribution in [0.4, 0.5) is 0 Å². The number of hydrogen-bond acceptors (Lipinski definition) is 2. The van der Waals surface area contributed by atoms with Gasteiger partial charge in [-0.15, -0.1) is 0 Å². The van der Waals surface area contributed by atoms with Gasteiger partial charge in [-0.3, -0.25) is 4.79 Å². The van der Waals surface area contributed by atoms with E-state index in [4.69, 9.17) is 4.74 Å². The fraction of sp³-hybridized carbons (Fsp3) is 0.240. The number of methoxy groups -OCH3 is 1. The lowest BCUT2D eigenvalue weighted by molar-refractivity contribution is -0.885. The van der Waals surface area contributed by atoms with Gasteiger partial charge in [0.05, 0.1) is 20.2 Å². The first-order valence-corrected chi connectivity index (χ1v) is 9.91. The van der Waals surface area contributed by atoms with Crippen LogP contribution in [-0.2, 0) is 11.3 Å². The van der Waals surface area contributed by atoms with Gasteiger partial charge in [0.15, 0.2) is 6.54 Å². The Labute approximate surface area is 173 Å². The first-order valence-electron chi connectivity index (χ1n) is 9.91. The number of benzene rings is 3. The highest BCUT2D eigenvalue weighted by Crippen LogP contribution is 2.21. The lowest BCUT2D eigenvalue weighted by Crippen LogP contribution is -3.08. The third-order valence-electron chi connectivity index (χ3n) is 4.96. The molecule has 0 aromatic heterocycles. The summed E-state index contributed by atoms with van der Waals surface area (Å²) >= 11 is 0. The highest BCUT2D eigenvalue weighted by molar-refractivity contribution is 5.77. The smallest absolute Gasteiger partial charge is 0.275 e. The number of nitrogens with one attached hydrogen (secondary N) is 2. The molecule has 0 bridgehead atoms. The monoisotopic (exact) mass is 389 g/mol. The van der Waals surface area contributed by atoms with Crippen LogP contribution in [0.25, 0.3) is 0 Å². The van der Waals surface area contributed by atoms with Crippen molar-refractivity contribution in [2.75, 3.05) is 20.7 Å². The van der Waals surface area contributed by atoms with Crippen LogP contribution in [0.3, 0.4) is 0 Å². The molecule has 1 atom stereocenters. The van der Waals surface area contributed by atoms with Crippen LogP contribution in [0.2, 0.25) is 0 Å². The highest BCUT2D eigenvalue weighted by atomic mass is 16.5. The summed E-state index contributed by atoms with van der Waals surface area (Å²) in [6.45, 7) is 3.17. The molecule has 0 aliphatic carbocycles. The largest absolute Gasteiger partial charge is 0.496 e. The van der Waals surface area contributed by atoms with Crippen LogP contribution in [0.5, 0.6) is 5.75 Å². The molecule has 0 heterocycles. The van der Waals surface area contributed by atoms with Crippen molar-refractivity contribution >= 4 is 5.91 Å². The molecule has 0 saturated heterocycles. The number of carbonyl (C=O) groups excluding carboxylic acids is 1. The molecule has 3 rings (SSSR count). The summed E-state index contributed by atoms with van der Waals surface area (Å²) < 4.78 is 5.47. The first-order chi connectivity index (χ1) is 14.1. The zero-order chi connectivity index (χ0) is 20.6. The van der Waals surface area contributed by atoms with Crippen molar-refractivity contribution in [3.8, 4) is 5.75 Å². The second-order valence-corrected chi connectivity index (χ2v) is 7.45. The van der Waals surface area contributed by atoms with Gasteiger partial charge in [0.1, 0.15) is 12.3 Å². The number of hydrogen-bond donors (Lipinski definition) is 2. The Kier molecular flexibility index (Phi) is 7.04. The molecule has 4 heteroatoms. The molecule has 0 fully saturated rings. The first kappa shape index (κ1) is 20.6.